The molecule has 6 heteroatoms. The van der Waals surface area contributed by atoms with Crippen LogP contribution in [0.5, 0.6) is 5.75 Å². The van der Waals surface area contributed by atoms with Gasteiger partial charge < -0.3 is 16.3 Å². The molecule has 0 amide bonds. The van der Waals surface area contributed by atoms with Crippen LogP contribution in [0.1, 0.15) is 20.8 Å². The molecular formula is C13H19N5O. The van der Waals surface area contributed by atoms with Crippen molar-refractivity contribution in [3.8, 4) is 5.75 Å². The van der Waals surface area contributed by atoms with Gasteiger partial charge in [-0.3, -0.25) is 0 Å². The maximum Gasteiger partial charge on any atom is 0.246 e. The van der Waals surface area contributed by atoms with E-state index in [9.17, 15) is 0 Å². The lowest BCUT2D eigenvalue weighted by Crippen LogP contribution is -2.35. The number of anilines is 1. The molecule has 2 rings (SSSR count). The summed E-state index contributed by atoms with van der Waals surface area (Å²) >= 11 is 0. The summed E-state index contributed by atoms with van der Waals surface area (Å²) in [4.78, 5) is 8.93. The Labute approximate surface area is 111 Å². The number of hydrogen-bond donors (Lipinski definition) is 2. The fraction of sp³-hybridized carbons (Fsp3) is 0.385. The highest BCUT2D eigenvalue weighted by Crippen LogP contribution is 2.25. The summed E-state index contributed by atoms with van der Waals surface area (Å²) in [6, 6.07) is 5.53. The fourth-order valence-electron chi connectivity index (χ4n) is 1.78. The highest BCUT2D eigenvalue weighted by atomic mass is 16.5. The lowest BCUT2D eigenvalue weighted by atomic mass is 10.1. The molecule has 4 N–H and O–H groups in total. The van der Waals surface area contributed by atoms with Crippen LogP contribution >= 0.6 is 0 Å². The normalized spacial score (nSPS) is 12.9. The van der Waals surface area contributed by atoms with E-state index in [2.05, 4.69) is 9.98 Å². The second-order valence-corrected chi connectivity index (χ2v) is 5.31. The second-order valence-electron chi connectivity index (χ2n) is 5.31. The van der Waals surface area contributed by atoms with E-state index in [-0.39, 0.29) is 5.54 Å². The van der Waals surface area contributed by atoms with Gasteiger partial charge in [-0.25, -0.2) is 14.7 Å². The van der Waals surface area contributed by atoms with Crippen molar-refractivity contribution in [2.45, 2.75) is 26.3 Å². The number of methoxy groups -OCH3 is 1. The van der Waals surface area contributed by atoms with Crippen molar-refractivity contribution in [2.75, 3.05) is 18.7 Å². The van der Waals surface area contributed by atoms with Crippen molar-refractivity contribution in [3.63, 3.8) is 0 Å². The van der Waals surface area contributed by atoms with Crippen LogP contribution in [0, 0.1) is 0 Å². The van der Waals surface area contributed by atoms with Gasteiger partial charge in [-0.05, 0) is 32.9 Å². The minimum Gasteiger partial charge on any atom is -0.494 e. The van der Waals surface area contributed by atoms with Crippen LogP contribution in [0.2, 0.25) is 0 Å². The number of nitrogens with zero attached hydrogens (tertiary/aromatic N) is 3. The Balaban J connectivity index is 2.89. The van der Waals surface area contributed by atoms with E-state index >= 15 is 0 Å². The molecule has 1 aromatic heterocycles. The van der Waals surface area contributed by atoms with E-state index in [1.807, 2.05) is 39.0 Å². The first-order chi connectivity index (χ1) is 8.83. The molecule has 1 heterocycles. The summed E-state index contributed by atoms with van der Waals surface area (Å²) in [6.45, 7) is 5.91. The largest absolute Gasteiger partial charge is 0.494 e. The number of rotatable bonds is 1. The summed E-state index contributed by atoms with van der Waals surface area (Å²) in [5, 5.41) is 0.745. The summed E-state index contributed by atoms with van der Waals surface area (Å²) in [5.41, 5.74) is 6.78. The van der Waals surface area contributed by atoms with Gasteiger partial charge >= 0.3 is 0 Å². The summed E-state index contributed by atoms with van der Waals surface area (Å²) in [7, 11) is 1.59. The Morgan fingerprint density at radius 3 is 2.58 bits per heavy atom. The number of ether oxygens (including phenoxy) is 1. The standard InChI is InChI=1S/C13H19N5O/c1-13(2,3)17-12-16-10-8(11(14)18(12)15)6-5-7-9(10)19-4/h5-7H,14-15H2,1-4H3. The van der Waals surface area contributed by atoms with Gasteiger partial charge in [0.25, 0.3) is 0 Å². The minimum atomic E-state index is -0.295. The van der Waals surface area contributed by atoms with Crippen LogP contribution in [0.15, 0.2) is 23.2 Å². The highest BCUT2D eigenvalue weighted by Gasteiger charge is 2.12. The molecule has 0 atom stereocenters. The Kier molecular flexibility index (Phi) is 3.09. The van der Waals surface area contributed by atoms with Gasteiger partial charge in [0, 0.05) is 5.39 Å². The molecule has 19 heavy (non-hydrogen) atoms. The summed E-state index contributed by atoms with van der Waals surface area (Å²) in [5.74, 6) is 7.00. The number of benzene rings is 1. The first kappa shape index (κ1) is 13.2. The maximum absolute atomic E-state index is 6.04. The zero-order valence-corrected chi connectivity index (χ0v) is 11.6. The van der Waals surface area contributed by atoms with Gasteiger partial charge in [0.1, 0.15) is 17.1 Å². The van der Waals surface area contributed by atoms with Crippen LogP contribution in [-0.2, 0) is 0 Å². The molecule has 6 nitrogen and oxygen atoms in total. The van der Waals surface area contributed by atoms with Gasteiger partial charge in [0.15, 0.2) is 0 Å². The molecule has 1 aromatic carbocycles. The van der Waals surface area contributed by atoms with Crippen LogP contribution in [0.25, 0.3) is 10.9 Å². The molecule has 0 aliphatic rings. The van der Waals surface area contributed by atoms with E-state index < -0.39 is 0 Å². The smallest absolute Gasteiger partial charge is 0.246 e. The minimum absolute atomic E-state index is 0.295. The van der Waals surface area contributed by atoms with Crippen LogP contribution in [0.3, 0.4) is 0 Å². The predicted octanol–water partition coefficient (Wildman–Crippen LogP) is 1.04. The van der Waals surface area contributed by atoms with Crippen molar-refractivity contribution in [1.82, 2.24) is 9.66 Å². The second kappa shape index (κ2) is 4.46. The van der Waals surface area contributed by atoms with Crippen molar-refractivity contribution >= 4 is 16.7 Å². The van der Waals surface area contributed by atoms with E-state index in [1.165, 1.54) is 4.68 Å². The van der Waals surface area contributed by atoms with E-state index in [4.69, 9.17) is 16.3 Å². The molecule has 0 fully saturated rings. The van der Waals surface area contributed by atoms with Gasteiger partial charge in [0.2, 0.25) is 5.62 Å². The van der Waals surface area contributed by atoms with Crippen molar-refractivity contribution in [1.29, 1.82) is 0 Å². The van der Waals surface area contributed by atoms with Crippen LogP contribution in [0.4, 0.5) is 5.82 Å². The number of hydrogen-bond acceptors (Lipinski definition) is 5. The predicted molar refractivity (Wildman–Crippen MR) is 76.2 cm³/mol. The zero-order chi connectivity index (χ0) is 14.2. The van der Waals surface area contributed by atoms with Gasteiger partial charge in [-0.1, -0.05) is 6.07 Å². The molecule has 0 radical (unpaired) electrons. The number of aromatic nitrogens is 2. The first-order valence-corrected chi connectivity index (χ1v) is 5.99. The lowest BCUT2D eigenvalue weighted by Gasteiger charge is -2.14. The molecule has 0 aliphatic heterocycles. The third kappa shape index (κ3) is 2.47. The SMILES string of the molecule is COc1cccc2c(N)n(N)c(=NC(C)(C)C)nc12. The van der Waals surface area contributed by atoms with Crippen LogP contribution in [-0.4, -0.2) is 22.3 Å². The van der Waals surface area contributed by atoms with Crippen LogP contribution < -0.4 is 21.9 Å². The zero-order valence-electron chi connectivity index (χ0n) is 11.6. The topological polar surface area (TPSA) is 91.5 Å². The van der Waals surface area contributed by atoms with Gasteiger partial charge in [0.05, 0.1) is 12.6 Å². The molecule has 0 bridgehead atoms. The Morgan fingerprint density at radius 1 is 1.32 bits per heavy atom. The molecule has 0 spiro atoms. The van der Waals surface area contributed by atoms with Crippen molar-refractivity contribution in [3.05, 3.63) is 23.8 Å². The van der Waals surface area contributed by atoms with E-state index in [0.29, 0.717) is 22.7 Å². The van der Waals surface area contributed by atoms with Gasteiger partial charge in [-0.15, -0.1) is 0 Å². The van der Waals surface area contributed by atoms with Crippen molar-refractivity contribution in [2.24, 2.45) is 4.99 Å². The third-order valence-corrected chi connectivity index (χ3v) is 2.62. The average molecular weight is 261 g/mol. The molecule has 0 saturated heterocycles. The lowest BCUT2D eigenvalue weighted by molar-refractivity contribution is 0.418. The summed E-state index contributed by atoms with van der Waals surface area (Å²) < 4.78 is 6.60. The van der Waals surface area contributed by atoms with Crippen molar-refractivity contribution < 1.29 is 4.74 Å². The number of fused-ring (bicyclic) bond motifs is 1. The average Bonchev–Trinajstić information content (AvgIpc) is 2.33. The Hall–Kier alpha value is -2.24. The third-order valence-electron chi connectivity index (χ3n) is 2.62. The number of nitrogen functional groups attached to an aromatic ring is 2. The monoisotopic (exact) mass is 261 g/mol. The molecule has 0 aliphatic carbocycles. The van der Waals surface area contributed by atoms with E-state index in [1.54, 1.807) is 7.11 Å². The Bertz CT molecular complexity index is 682. The fourth-order valence-corrected chi connectivity index (χ4v) is 1.78. The molecule has 102 valence electrons. The first-order valence-electron chi connectivity index (χ1n) is 5.99. The van der Waals surface area contributed by atoms with Gasteiger partial charge in [-0.2, -0.15) is 0 Å². The number of para-hydroxylation sites is 1. The molecule has 0 unspecified atom stereocenters. The molecular weight excluding hydrogens is 242 g/mol. The Morgan fingerprint density at radius 2 is 2.00 bits per heavy atom. The molecule has 2 aromatic rings. The number of nitrogens with two attached hydrogens (primary N) is 2. The molecule has 0 saturated carbocycles. The summed E-state index contributed by atoms with van der Waals surface area (Å²) in [6.07, 6.45) is 0. The highest BCUT2D eigenvalue weighted by molar-refractivity contribution is 5.92. The van der Waals surface area contributed by atoms with E-state index in [0.717, 1.165) is 5.39 Å². The quantitative estimate of drug-likeness (QED) is 0.750. The maximum atomic E-state index is 6.04.